The molecule has 2 aromatic carbocycles. The second kappa shape index (κ2) is 8.90. The molecule has 156 valence electrons. The van der Waals surface area contributed by atoms with Crippen molar-refractivity contribution in [1.82, 2.24) is 10.6 Å². The monoisotopic (exact) mass is 409 g/mol. The molecule has 0 radical (unpaired) electrons. The van der Waals surface area contributed by atoms with Crippen molar-refractivity contribution in [3.63, 3.8) is 0 Å². The van der Waals surface area contributed by atoms with Crippen LogP contribution in [0.25, 0.3) is 11.1 Å². The lowest BCUT2D eigenvalue weighted by molar-refractivity contribution is 0.101. The van der Waals surface area contributed by atoms with Crippen molar-refractivity contribution in [3.05, 3.63) is 76.4 Å². The van der Waals surface area contributed by atoms with Crippen molar-refractivity contribution in [3.8, 4) is 0 Å². The highest BCUT2D eigenvalue weighted by Crippen LogP contribution is 2.27. The van der Waals surface area contributed by atoms with Crippen LogP contribution in [0.2, 0.25) is 0 Å². The Labute approximate surface area is 175 Å². The van der Waals surface area contributed by atoms with Gasteiger partial charge in [0.15, 0.2) is 0 Å². The summed E-state index contributed by atoms with van der Waals surface area (Å²) in [5, 5.41) is 9.08. The van der Waals surface area contributed by atoms with Crippen LogP contribution < -0.4 is 16.0 Å². The molecule has 0 atom stereocenters. The molecule has 0 saturated carbocycles. The first kappa shape index (κ1) is 20.4. The topological polar surface area (TPSA) is 53.2 Å². The first-order chi connectivity index (χ1) is 14.5. The summed E-state index contributed by atoms with van der Waals surface area (Å²) in [6.45, 7) is 5.18. The van der Waals surface area contributed by atoms with E-state index in [9.17, 15) is 13.6 Å². The van der Waals surface area contributed by atoms with Crippen molar-refractivity contribution in [2.75, 3.05) is 31.5 Å². The third-order valence-electron chi connectivity index (χ3n) is 5.60. The average Bonchev–Trinajstić information content (AvgIpc) is 2.74. The van der Waals surface area contributed by atoms with Gasteiger partial charge in [-0.25, -0.2) is 8.78 Å². The summed E-state index contributed by atoms with van der Waals surface area (Å²) >= 11 is 0. The standard InChI is InChI=1S/C24H25F2N3O/c1-15-12-19(2-3-20(15)17-6-10-28-11-7-17)29-24(30)23-21(25)13-18(14-22(23)26)16-4-8-27-9-5-16/h2-4,6,12-14,27-28H,5,7-11H2,1H3,(H,29,30). The Morgan fingerprint density at radius 3 is 2.13 bits per heavy atom. The summed E-state index contributed by atoms with van der Waals surface area (Å²) in [4.78, 5) is 12.6. The Bertz CT molecular complexity index is 1020. The van der Waals surface area contributed by atoms with Crippen LogP contribution >= 0.6 is 0 Å². The number of anilines is 1. The lowest BCUT2D eigenvalue weighted by Gasteiger charge is -2.17. The minimum absolute atomic E-state index is 0.485. The number of carbonyl (C=O) groups is 1. The second-order valence-electron chi connectivity index (χ2n) is 7.67. The summed E-state index contributed by atoms with van der Waals surface area (Å²) in [5.41, 5.74) is 4.73. The van der Waals surface area contributed by atoms with Gasteiger partial charge in [-0.1, -0.05) is 18.2 Å². The maximum absolute atomic E-state index is 14.6. The zero-order valence-electron chi connectivity index (χ0n) is 16.9. The molecule has 4 rings (SSSR count). The Kier molecular flexibility index (Phi) is 6.06. The zero-order chi connectivity index (χ0) is 21.1. The number of carbonyl (C=O) groups excluding carboxylic acids is 1. The number of rotatable bonds is 4. The van der Waals surface area contributed by atoms with Crippen molar-refractivity contribution in [2.24, 2.45) is 0 Å². The maximum atomic E-state index is 14.6. The minimum atomic E-state index is -0.852. The van der Waals surface area contributed by atoms with E-state index in [4.69, 9.17) is 0 Å². The molecule has 0 unspecified atom stereocenters. The van der Waals surface area contributed by atoms with Gasteiger partial charge in [0.2, 0.25) is 0 Å². The molecular formula is C24H25F2N3O. The Morgan fingerprint density at radius 2 is 1.57 bits per heavy atom. The molecule has 4 nitrogen and oxygen atoms in total. The van der Waals surface area contributed by atoms with Crippen LogP contribution in [-0.2, 0) is 0 Å². The Balaban J connectivity index is 1.54. The number of nitrogens with one attached hydrogen (secondary N) is 3. The van der Waals surface area contributed by atoms with E-state index in [1.165, 1.54) is 17.7 Å². The molecule has 2 aromatic rings. The lowest BCUT2D eigenvalue weighted by atomic mass is 9.95. The van der Waals surface area contributed by atoms with Crippen LogP contribution in [0, 0.1) is 18.6 Å². The highest BCUT2D eigenvalue weighted by atomic mass is 19.1. The van der Waals surface area contributed by atoms with E-state index in [1.807, 2.05) is 25.1 Å². The molecule has 2 aliphatic rings. The fourth-order valence-electron chi connectivity index (χ4n) is 4.02. The summed E-state index contributed by atoms with van der Waals surface area (Å²) < 4.78 is 29.3. The number of halogens is 2. The molecule has 0 aromatic heterocycles. The predicted octanol–water partition coefficient (Wildman–Crippen LogP) is 4.28. The third kappa shape index (κ3) is 4.35. The number of hydrogen-bond donors (Lipinski definition) is 3. The predicted molar refractivity (Wildman–Crippen MR) is 116 cm³/mol. The van der Waals surface area contributed by atoms with Gasteiger partial charge in [-0.15, -0.1) is 0 Å². The van der Waals surface area contributed by atoms with Crippen LogP contribution in [-0.4, -0.2) is 32.1 Å². The van der Waals surface area contributed by atoms with Gasteiger partial charge >= 0.3 is 0 Å². The van der Waals surface area contributed by atoms with Crippen LogP contribution in [0.1, 0.15) is 39.9 Å². The van der Waals surface area contributed by atoms with Gasteiger partial charge in [0.1, 0.15) is 17.2 Å². The number of hydrogen-bond acceptors (Lipinski definition) is 3. The summed E-state index contributed by atoms with van der Waals surface area (Å²) in [7, 11) is 0. The minimum Gasteiger partial charge on any atom is -0.322 e. The van der Waals surface area contributed by atoms with E-state index >= 15 is 0 Å². The molecule has 0 spiro atoms. The highest BCUT2D eigenvalue weighted by Gasteiger charge is 2.21. The van der Waals surface area contributed by atoms with E-state index in [0.717, 1.165) is 42.8 Å². The van der Waals surface area contributed by atoms with Gasteiger partial charge in [-0.05, 0) is 85.0 Å². The molecule has 2 aliphatic heterocycles. The summed E-state index contributed by atoms with van der Waals surface area (Å²) in [5.74, 6) is -2.49. The van der Waals surface area contributed by atoms with E-state index in [1.54, 1.807) is 6.07 Å². The van der Waals surface area contributed by atoms with Crippen LogP contribution in [0.3, 0.4) is 0 Å². The Morgan fingerprint density at radius 1 is 0.933 bits per heavy atom. The van der Waals surface area contributed by atoms with E-state index in [2.05, 4.69) is 22.0 Å². The van der Waals surface area contributed by atoms with Crippen molar-refractivity contribution in [2.45, 2.75) is 19.8 Å². The average molecular weight is 409 g/mol. The van der Waals surface area contributed by atoms with Crippen LogP contribution in [0.4, 0.5) is 14.5 Å². The van der Waals surface area contributed by atoms with Gasteiger partial charge in [0.05, 0.1) is 0 Å². The zero-order valence-corrected chi connectivity index (χ0v) is 16.9. The van der Waals surface area contributed by atoms with Gasteiger partial charge < -0.3 is 16.0 Å². The molecule has 0 bridgehead atoms. The molecule has 6 heteroatoms. The van der Waals surface area contributed by atoms with E-state index in [0.29, 0.717) is 24.2 Å². The van der Waals surface area contributed by atoms with E-state index in [-0.39, 0.29) is 0 Å². The number of benzene rings is 2. The van der Waals surface area contributed by atoms with Gasteiger partial charge in [0, 0.05) is 18.8 Å². The second-order valence-corrected chi connectivity index (χ2v) is 7.67. The lowest BCUT2D eigenvalue weighted by Crippen LogP contribution is -2.21. The smallest absolute Gasteiger partial charge is 0.261 e. The molecule has 0 fully saturated rings. The first-order valence-corrected chi connectivity index (χ1v) is 10.2. The van der Waals surface area contributed by atoms with Gasteiger partial charge in [-0.2, -0.15) is 0 Å². The molecule has 3 N–H and O–H groups in total. The molecular weight excluding hydrogens is 384 g/mol. The SMILES string of the molecule is Cc1cc(NC(=O)c2c(F)cc(C3=CCNCC3)cc2F)ccc1C1=CCNCC1. The van der Waals surface area contributed by atoms with Crippen molar-refractivity contribution in [1.29, 1.82) is 0 Å². The molecule has 0 aliphatic carbocycles. The highest BCUT2D eigenvalue weighted by molar-refractivity contribution is 6.05. The fraction of sp³-hybridized carbons (Fsp3) is 0.292. The third-order valence-corrected chi connectivity index (χ3v) is 5.60. The van der Waals surface area contributed by atoms with E-state index < -0.39 is 23.1 Å². The summed E-state index contributed by atoms with van der Waals surface area (Å²) in [6, 6.07) is 8.04. The maximum Gasteiger partial charge on any atom is 0.261 e. The normalized spacial score (nSPS) is 16.6. The molecule has 2 heterocycles. The van der Waals surface area contributed by atoms with Crippen LogP contribution in [0.15, 0.2) is 42.5 Å². The summed E-state index contributed by atoms with van der Waals surface area (Å²) in [6.07, 6.45) is 5.72. The Hall–Kier alpha value is -2.83. The van der Waals surface area contributed by atoms with Gasteiger partial charge in [0.25, 0.3) is 5.91 Å². The molecule has 1 amide bonds. The van der Waals surface area contributed by atoms with Crippen molar-refractivity contribution < 1.29 is 13.6 Å². The number of amides is 1. The van der Waals surface area contributed by atoms with Gasteiger partial charge in [-0.3, -0.25) is 4.79 Å². The largest absolute Gasteiger partial charge is 0.322 e. The quantitative estimate of drug-likeness (QED) is 0.707. The van der Waals surface area contributed by atoms with Crippen LogP contribution in [0.5, 0.6) is 0 Å². The molecule has 30 heavy (non-hydrogen) atoms. The number of aryl methyl sites for hydroxylation is 1. The fourth-order valence-corrected chi connectivity index (χ4v) is 4.02. The first-order valence-electron chi connectivity index (χ1n) is 10.2. The van der Waals surface area contributed by atoms with Crippen molar-refractivity contribution >= 4 is 22.7 Å². The molecule has 0 saturated heterocycles.